The lowest BCUT2D eigenvalue weighted by atomic mass is 9.50. The summed E-state index contributed by atoms with van der Waals surface area (Å²) in [6.45, 7) is 25.9. The first-order valence-electron chi connectivity index (χ1n) is 18.4. The second kappa shape index (κ2) is 16.1. The van der Waals surface area contributed by atoms with Gasteiger partial charge in [-0.15, -0.1) is 0 Å². The predicted octanol–water partition coefficient (Wildman–Crippen LogP) is 9.01. The van der Waals surface area contributed by atoms with E-state index in [1.165, 1.54) is 32.1 Å². The molecular formula is C39H68O8. The molecule has 1 atom stereocenters. The average Bonchev–Trinajstić information content (AvgIpc) is 3.26. The highest BCUT2D eigenvalue weighted by Crippen LogP contribution is 2.59. The van der Waals surface area contributed by atoms with Gasteiger partial charge < -0.3 is 18.9 Å². The number of unbranched alkanes of at least 4 members (excludes halogenated alkanes) is 1. The number of rotatable bonds is 11. The largest absolute Gasteiger partial charge is 0.465 e. The Morgan fingerprint density at radius 2 is 1.17 bits per heavy atom. The molecule has 5 aliphatic rings. The normalized spacial score (nSPS) is 29.0. The Hall–Kier alpha value is -2.12. The van der Waals surface area contributed by atoms with Crippen LogP contribution in [0.3, 0.4) is 0 Å². The number of hydrogen-bond donors (Lipinski definition) is 0. The minimum absolute atomic E-state index is 0.0185. The van der Waals surface area contributed by atoms with Gasteiger partial charge in [0, 0.05) is 6.42 Å². The summed E-state index contributed by atoms with van der Waals surface area (Å²) in [6, 6.07) is 0. The molecule has 0 aromatic carbocycles. The van der Waals surface area contributed by atoms with Gasteiger partial charge in [-0.25, -0.2) is 4.79 Å². The lowest BCUT2D eigenvalue weighted by Crippen LogP contribution is -2.58. The third-order valence-electron chi connectivity index (χ3n) is 11.7. The molecule has 0 spiro atoms. The summed E-state index contributed by atoms with van der Waals surface area (Å²) in [4.78, 5) is 47.0. The summed E-state index contributed by atoms with van der Waals surface area (Å²) in [5.41, 5.74) is -1.90. The van der Waals surface area contributed by atoms with Crippen LogP contribution < -0.4 is 0 Å². The van der Waals surface area contributed by atoms with E-state index >= 15 is 0 Å². The minimum atomic E-state index is -0.742. The zero-order valence-corrected chi connectivity index (χ0v) is 32.1. The Balaban J connectivity index is 0.000000253. The molecule has 4 bridgehead atoms. The summed E-state index contributed by atoms with van der Waals surface area (Å²) in [7, 11) is 0. The van der Waals surface area contributed by atoms with Crippen LogP contribution in [0, 0.1) is 39.9 Å². The highest BCUT2D eigenvalue weighted by molar-refractivity contribution is 5.83. The fraction of sp³-hybridized carbons (Fsp3) is 0.897. The van der Waals surface area contributed by atoms with E-state index in [0.717, 1.165) is 37.5 Å². The fourth-order valence-corrected chi connectivity index (χ4v) is 6.85. The fourth-order valence-electron chi connectivity index (χ4n) is 6.85. The van der Waals surface area contributed by atoms with Crippen molar-refractivity contribution in [2.24, 2.45) is 39.9 Å². The van der Waals surface area contributed by atoms with E-state index in [9.17, 15) is 19.2 Å². The summed E-state index contributed by atoms with van der Waals surface area (Å²) in [5, 5.41) is 0. The molecular weight excluding hydrogens is 596 g/mol. The van der Waals surface area contributed by atoms with Gasteiger partial charge in [-0.2, -0.15) is 0 Å². The number of ether oxygens (including phenoxy) is 4. The van der Waals surface area contributed by atoms with Gasteiger partial charge in [-0.05, 0) is 144 Å². The Labute approximate surface area is 286 Å². The zero-order valence-electron chi connectivity index (χ0n) is 32.1. The van der Waals surface area contributed by atoms with Gasteiger partial charge in [0.2, 0.25) is 6.10 Å². The molecule has 1 aliphatic heterocycles. The second-order valence-corrected chi connectivity index (χ2v) is 17.4. The van der Waals surface area contributed by atoms with E-state index in [-0.39, 0.29) is 34.3 Å². The minimum Gasteiger partial charge on any atom is -0.465 e. The standard InChI is InChI=1S/C17H28O2.C12H20O4.C10H20O2/c1-5-16(2,3)15(18)19-17(4)13-7-11-6-12(9-13)10-14(17)8-11;1-6-11(2,3)10(14)15-8-7-12(4,5)16-9(8)13;1-5-7-8-12-9(11)10(3,4)6-2/h11-14H,5-10H2,1-4H3;8H,6-7H2,1-5H3;5-8H2,1-4H3. The summed E-state index contributed by atoms with van der Waals surface area (Å²) >= 11 is 0. The number of carbonyl (C=O) groups excluding carboxylic acids is 4. The summed E-state index contributed by atoms with van der Waals surface area (Å²) < 4.78 is 21.5. The monoisotopic (exact) mass is 664 g/mol. The average molecular weight is 665 g/mol. The predicted molar refractivity (Wildman–Crippen MR) is 184 cm³/mol. The highest BCUT2D eigenvalue weighted by atomic mass is 16.6. The van der Waals surface area contributed by atoms with Gasteiger partial charge in [0.05, 0.1) is 22.9 Å². The molecule has 5 rings (SSSR count). The molecule has 0 amide bonds. The van der Waals surface area contributed by atoms with Gasteiger partial charge in [0.25, 0.3) is 0 Å². The van der Waals surface area contributed by atoms with E-state index in [4.69, 9.17) is 18.9 Å². The molecule has 272 valence electrons. The van der Waals surface area contributed by atoms with Crippen molar-refractivity contribution in [3.05, 3.63) is 0 Å². The van der Waals surface area contributed by atoms with E-state index in [1.807, 2.05) is 55.4 Å². The first-order chi connectivity index (χ1) is 21.6. The first kappa shape index (κ1) is 41.1. The zero-order chi connectivity index (χ0) is 36.0. The third kappa shape index (κ3) is 10.7. The van der Waals surface area contributed by atoms with Crippen LogP contribution in [0.1, 0.15) is 161 Å². The van der Waals surface area contributed by atoms with Crippen LogP contribution in [-0.2, 0) is 38.1 Å². The molecule has 1 saturated heterocycles. The molecule has 4 aliphatic carbocycles. The van der Waals surface area contributed by atoms with Gasteiger partial charge in [0.15, 0.2) is 0 Å². The second-order valence-electron chi connectivity index (χ2n) is 17.4. The molecule has 0 aromatic rings. The van der Waals surface area contributed by atoms with Crippen molar-refractivity contribution in [2.75, 3.05) is 6.61 Å². The Bertz CT molecular complexity index is 1060. The van der Waals surface area contributed by atoms with Crippen LogP contribution in [0.5, 0.6) is 0 Å². The SMILES string of the molecule is CCC(C)(C)C(=O)OC1(C)C2CC3CC(C2)CC1C3.CCC(C)(C)C(=O)OC1CC(C)(C)OC1=O.CCCCOC(=O)C(C)(C)CC. The van der Waals surface area contributed by atoms with E-state index < -0.39 is 23.1 Å². The molecule has 4 saturated carbocycles. The Morgan fingerprint density at radius 3 is 1.57 bits per heavy atom. The van der Waals surface area contributed by atoms with E-state index in [0.29, 0.717) is 31.3 Å². The maximum absolute atomic E-state index is 12.5. The van der Waals surface area contributed by atoms with Crippen LogP contribution in [0.15, 0.2) is 0 Å². The van der Waals surface area contributed by atoms with Crippen molar-refractivity contribution in [1.29, 1.82) is 0 Å². The van der Waals surface area contributed by atoms with Crippen molar-refractivity contribution in [2.45, 2.75) is 178 Å². The topological polar surface area (TPSA) is 105 Å². The Kier molecular flexibility index (Phi) is 14.0. The maximum Gasteiger partial charge on any atom is 0.348 e. The van der Waals surface area contributed by atoms with Crippen LogP contribution in [0.25, 0.3) is 0 Å². The lowest BCUT2D eigenvalue weighted by molar-refractivity contribution is -0.211. The number of cyclic esters (lactones) is 1. The molecule has 8 heteroatoms. The van der Waals surface area contributed by atoms with Crippen molar-refractivity contribution in [1.82, 2.24) is 0 Å². The van der Waals surface area contributed by atoms with Gasteiger partial charge in [0.1, 0.15) is 11.2 Å². The third-order valence-corrected chi connectivity index (χ3v) is 11.7. The summed E-state index contributed by atoms with van der Waals surface area (Å²) in [5.74, 6) is 2.27. The van der Waals surface area contributed by atoms with Crippen molar-refractivity contribution in [3.63, 3.8) is 0 Å². The van der Waals surface area contributed by atoms with E-state index in [1.54, 1.807) is 13.8 Å². The van der Waals surface area contributed by atoms with Crippen LogP contribution in [0.4, 0.5) is 0 Å². The quantitative estimate of drug-likeness (QED) is 0.122. The maximum atomic E-state index is 12.5. The number of hydrogen-bond acceptors (Lipinski definition) is 8. The summed E-state index contributed by atoms with van der Waals surface area (Å²) in [6.07, 6.45) is 10.7. The van der Waals surface area contributed by atoms with Crippen molar-refractivity contribution >= 4 is 23.9 Å². The van der Waals surface area contributed by atoms with E-state index in [2.05, 4.69) is 20.8 Å². The lowest BCUT2D eigenvalue weighted by Gasteiger charge is -2.59. The molecule has 47 heavy (non-hydrogen) atoms. The van der Waals surface area contributed by atoms with Crippen molar-refractivity contribution in [3.8, 4) is 0 Å². The molecule has 1 unspecified atom stereocenters. The van der Waals surface area contributed by atoms with Crippen LogP contribution in [0.2, 0.25) is 0 Å². The van der Waals surface area contributed by atoms with Gasteiger partial charge >= 0.3 is 23.9 Å². The number of esters is 4. The molecule has 8 nitrogen and oxygen atoms in total. The first-order valence-corrected chi connectivity index (χ1v) is 18.4. The van der Waals surface area contributed by atoms with Gasteiger partial charge in [-0.1, -0.05) is 34.1 Å². The van der Waals surface area contributed by atoms with Gasteiger partial charge in [-0.3, -0.25) is 14.4 Å². The van der Waals surface area contributed by atoms with Crippen LogP contribution >= 0.6 is 0 Å². The van der Waals surface area contributed by atoms with Crippen LogP contribution in [-0.4, -0.2) is 47.8 Å². The highest BCUT2D eigenvalue weighted by Gasteiger charge is 2.57. The smallest absolute Gasteiger partial charge is 0.348 e. The van der Waals surface area contributed by atoms with Crippen molar-refractivity contribution < 1.29 is 38.1 Å². The molecule has 5 fully saturated rings. The molecule has 0 aromatic heterocycles. The number of carbonyl (C=O) groups is 4. The molecule has 1 heterocycles. The molecule has 0 radical (unpaired) electrons. The Morgan fingerprint density at radius 1 is 0.723 bits per heavy atom. The molecule has 0 N–H and O–H groups in total.